The smallest absolute Gasteiger partial charge is 0.220 e. The lowest BCUT2D eigenvalue weighted by Gasteiger charge is -2.22. The zero-order chi connectivity index (χ0) is 15.4. The molecule has 1 amide bonds. The molecule has 1 aromatic carbocycles. The first-order valence-electron chi connectivity index (χ1n) is 8.13. The molecule has 0 saturated carbocycles. The van der Waals surface area contributed by atoms with Crippen LogP contribution in [0.1, 0.15) is 37.1 Å². The Balaban J connectivity index is 0.00000192. The van der Waals surface area contributed by atoms with Gasteiger partial charge < -0.3 is 15.6 Å². The van der Waals surface area contributed by atoms with Gasteiger partial charge in [-0.3, -0.25) is 4.79 Å². The van der Waals surface area contributed by atoms with E-state index < -0.39 is 0 Å². The van der Waals surface area contributed by atoms with Crippen molar-refractivity contribution in [1.29, 1.82) is 0 Å². The largest absolute Gasteiger partial charge is 0.349 e. The molecule has 3 N–H and O–H groups in total. The van der Waals surface area contributed by atoms with Crippen LogP contribution in [-0.4, -0.2) is 29.0 Å². The number of amides is 1. The summed E-state index contributed by atoms with van der Waals surface area (Å²) in [5.74, 6) is 1.63. The third-order valence-corrected chi connectivity index (χ3v) is 4.38. The minimum absolute atomic E-state index is 0. The van der Waals surface area contributed by atoms with Crippen molar-refractivity contribution in [3.63, 3.8) is 0 Å². The van der Waals surface area contributed by atoms with Gasteiger partial charge in [-0.25, -0.2) is 4.98 Å². The molecule has 0 spiro atoms. The molecule has 0 atom stereocenters. The van der Waals surface area contributed by atoms with Gasteiger partial charge in [0.2, 0.25) is 5.91 Å². The highest BCUT2D eigenvalue weighted by Gasteiger charge is 2.14. The zero-order valence-electron chi connectivity index (χ0n) is 13.5. The van der Waals surface area contributed by atoms with E-state index in [4.69, 9.17) is 0 Å². The highest BCUT2D eigenvalue weighted by molar-refractivity contribution is 5.85. The fourth-order valence-electron chi connectivity index (χ4n) is 3.04. The number of hydrogen-bond acceptors (Lipinski definition) is 3. The van der Waals surface area contributed by atoms with E-state index in [0.717, 1.165) is 36.4 Å². The first kappa shape index (κ1) is 17.8. The van der Waals surface area contributed by atoms with Gasteiger partial charge in [-0.2, -0.15) is 0 Å². The topological polar surface area (TPSA) is 69.8 Å². The quantitative estimate of drug-likeness (QED) is 0.786. The lowest BCUT2D eigenvalue weighted by atomic mass is 9.93. The summed E-state index contributed by atoms with van der Waals surface area (Å²) < 4.78 is 0. The number of hydrogen-bond donors (Lipinski definition) is 3. The molecular formula is C17H25ClN4O. The average Bonchev–Trinajstić information content (AvgIpc) is 2.94. The number of carbonyl (C=O) groups excluding carboxylic acids is 1. The van der Waals surface area contributed by atoms with Gasteiger partial charge >= 0.3 is 0 Å². The summed E-state index contributed by atoms with van der Waals surface area (Å²) >= 11 is 0. The van der Waals surface area contributed by atoms with E-state index in [2.05, 4.69) is 33.6 Å². The van der Waals surface area contributed by atoms with Crippen molar-refractivity contribution < 1.29 is 4.79 Å². The summed E-state index contributed by atoms with van der Waals surface area (Å²) in [7, 11) is 0. The molecule has 126 valence electrons. The predicted octanol–water partition coefficient (Wildman–Crippen LogP) is 2.69. The second-order valence-electron chi connectivity index (χ2n) is 6.21. The number of nitrogens with zero attached hydrogens (tertiary/aromatic N) is 1. The Morgan fingerprint density at radius 2 is 2.13 bits per heavy atom. The van der Waals surface area contributed by atoms with Crippen molar-refractivity contribution in [2.24, 2.45) is 5.92 Å². The van der Waals surface area contributed by atoms with Crippen molar-refractivity contribution in [2.75, 3.05) is 13.1 Å². The van der Waals surface area contributed by atoms with E-state index in [0.29, 0.717) is 18.9 Å². The van der Waals surface area contributed by atoms with Gasteiger partial charge in [-0.1, -0.05) is 6.07 Å². The first-order valence-corrected chi connectivity index (χ1v) is 8.13. The molecule has 0 bridgehead atoms. The van der Waals surface area contributed by atoms with Crippen LogP contribution in [0.2, 0.25) is 0 Å². The van der Waals surface area contributed by atoms with E-state index in [1.54, 1.807) is 0 Å². The highest BCUT2D eigenvalue weighted by atomic mass is 35.5. The molecule has 6 heteroatoms. The van der Waals surface area contributed by atoms with Gasteiger partial charge in [0.1, 0.15) is 5.82 Å². The lowest BCUT2D eigenvalue weighted by Crippen LogP contribution is -2.29. The average molecular weight is 337 g/mol. The van der Waals surface area contributed by atoms with Crippen LogP contribution >= 0.6 is 12.4 Å². The van der Waals surface area contributed by atoms with Gasteiger partial charge in [-0.05, 0) is 62.9 Å². The van der Waals surface area contributed by atoms with Gasteiger partial charge in [0.25, 0.3) is 0 Å². The second-order valence-corrected chi connectivity index (χ2v) is 6.21. The monoisotopic (exact) mass is 336 g/mol. The SMILES string of the molecule is Cc1ccc2nc(CNC(=O)CCC3CCNCC3)[nH]c2c1.Cl. The van der Waals surface area contributed by atoms with Crippen LogP contribution in [0.3, 0.4) is 0 Å². The number of aryl methyl sites for hydroxylation is 1. The van der Waals surface area contributed by atoms with Gasteiger partial charge in [0, 0.05) is 6.42 Å². The molecule has 0 unspecified atom stereocenters. The molecule has 0 radical (unpaired) electrons. The molecule has 23 heavy (non-hydrogen) atoms. The Kier molecular flexibility index (Phi) is 6.42. The standard InChI is InChI=1S/C17H24N4O.ClH/c1-12-2-4-14-15(10-12)21-16(20-14)11-19-17(22)5-3-13-6-8-18-9-7-13;/h2,4,10,13,18H,3,5-9,11H2,1H3,(H,19,22)(H,20,21);1H. The molecule has 1 aliphatic rings. The Morgan fingerprint density at radius 1 is 1.35 bits per heavy atom. The normalized spacial score (nSPS) is 15.3. The van der Waals surface area contributed by atoms with Gasteiger partial charge in [-0.15, -0.1) is 12.4 Å². The van der Waals surface area contributed by atoms with Crippen molar-refractivity contribution >= 4 is 29.3 Å². The Morgan fingerprint density at radius 3 is 2.91 bits per heavy atom. The van der Waals surface area contributed by atoms with E-state index in [-0.39, 0.29) is 18.3 Å². The predicted molar refractivity (Wildman–Crippen MR) is 94.8 cm³/mol. The second kappa shape index (κ2) is 8.31. The molecule has 2 aromatic rings. The summed E-state index contributed by atoms with van der Waals surface area (Å²) in [5, 5.41) is 6.32. The number of aromatic nitrogens is 2. The third-order valence-electron chi connectivity index (χ3n) is 4.38. The van der Waals surface area contributed by atoms with Crippen molar-refractivity contribution in [2.45, 2.75) is 39.2 Å². The summed E-state index contributed by atoms with van der Waals surface area (Å²) in [5.41, 5.74) is 3.18. The molecule has 0 aliphatic carbocycles. The number of imidazole rings is 1. The summed E-state index contributed by atoms with van der Waals surface area (Å²) in [4.78, 5) is 19.7. The van der Waals surface area contributed by atoms with Gasteiger partial charge in [0.15, 0.2) is 0 Å². The Bertz CT molecular complexity index is 649. The lowest BCUT2D eigenvalue weighted by molar-refractivity contribution is -0.121. The fourth-order valence-corrected chi connectivity index (χ4v) is 3.04. The molecule has 1 fully saturated rings. The molecule has 2 heterocycles. The molecule has 5 nitrogen and oxygen atoms in total. The number of halogens is 1. The number of piperidine rings is 1. The maximum Gasteiger partial charge on any atom is 0.220 e. The van der Waals surface area contributed by atoms with Gasteiger partial charge in [0.05, 0.1) is 17.6 Å². The number of carbonyl (C=O) groups is 1. The highest BCUT2D eigenvalue weighted by Crippen LogP contribution is 2.17. The fraction of sp³-hybridized carbons (Fsp3) is 0.529. The van der Waals surface area contributed by atoms with E-state index in [9.17, 15) is 4.79 Å². The molecule has 1 aromatic heterocycles. The molecule has 1 aliphatic heterocycles. The van der Waals surface area contributed by atoms with Crippen LogP contribution in [0, 0.1) is 12.8 Å². The van der Waals surface area contributed by atoms with Crippen molar-refractivity contribution in [1.82, 2.24) is 20.6 Å². The summed E-state index contributed by atoms with van der Waals surface area (Å²) in [6, 6.07) is 6.12. The molecule has 3 rings (SSSR count). The first-order chi connectivity index (χ1) is 10.7. The minimum atomic E-state index is 0. The van der Waals surface area contributed by atoms with Crippen molar-refractivity contribution in [3.8, 4) is 0 Å². The van der Waals surface area contributed by atoms with Crippen molar-refractivity contribution in [3.05, 3.63) is 29.6 Å². The Labute approximate surface area is 143 Å². The van der Waals surface area contributed by atoms with E-state index in [1.807, 2.05) is 12.1 Å². The van der Waals surface area contributed by atoms with Crippen LogP contribution in [-0.2, 0) is 11.3 Å². The summed E-state index contributed by atoms with van der Waals surface area (Å²) in [6.07, 6.45) is 3.99. The van der Waals surface area contributed by atoms with Crippen LogP contribution < -0.4 is 10.6 Å². The number of aromatic amines is 1. The number of benzene rings is 1. The third kappa shape index (κ3) is 4.94. The number of H-pyrrole nitrogens is 1. The number of nitrogens with one attached hydrogen (secondary N) is 3. The Hall–Kier alpha value is -1.59. The minimum Gasteiger partial charge on any atom is -0.349 e. The maximum absolute atomic E-state index is 12.0. The number of fused-ring (bicyclic) bond motifs is 1. The van der Waals surface area contributed by atoms with E-state index >= 15 is 0 Å². The zero-order valence-corrected chi connectivity index (χ0v) is 14.3. The molecule has 1 saturated heterocycles. The molecular weight excluding hydrogens is 312 g/mol. The van der Waals surface area contributed by atoms with Crippen LogP contribution in [0.4, 0.5) is 0 Å². The maximum atomic E-state index is 12.0. The van der Waals surface area contributed by atoms with Crippen LogP contribution in [0.25, 0.3) is 11.0 Å². The van der Waals surface area contributed by atoms with Crippen LogP contribution in [0.5, 0.6) is 0 Å². The van der Waals surface area contributed by atoms with Crippen LogP contribution in [0.15, 0.2) is 18.2 Å². The summed E-state index contributed by atoms with van der Waals surface area (Å²) in [6.45, 7) is 4.71. The number of rotatable bonds is 5. The van der Waals surface area contributed by atoms with E-state index in [1.165, 1.54) is 18.4 Å².